The number of alkyl halides is 3. The third-order valence-electron chi connectivity index (χ3n) is 4.35. The molecule has 0 radical (unpaired) electrons. The van der Waals surface area contributed by atoms with Crippen LogP contribution in [0.1, 0.15) is 30.9 Å². The van der Waals surface area contributed by atoms with Crippen LogP contribution in [0, 0.1) is 5.92 Å². The molecule has 1 atom stereocenters. The van der Waals surface area contributed by atoms with Gasteiger partial charge in [-0.1, -0.05) is 12.1 Å². The maximum atomic E-state index is 12.6. The molecule has 1 saturated carbocycles. The third kappa shape index (κ3) is 6.23. The van der Waals surface area contributed by atoms with Crippen molar-refractivity contribution < 1.29 is 13.2 Å². The summed E-state index contributed by atoms with van der Waals surface area (Å²) in [5.74, 6) is 1.43. The van der Waals surface area contributed by atoms with Crippen LogP contribution in [0.4, 0.5) is 13.2 Å². The quantitative estimate of drug-likeness (QED) is 0.583. The molecule has 25 heavy (non-hydrogen) atoms. The Kier molecular flexibility index (Phi) is 6.70. The van der Waals surface area contributed by atoms with Crippen molar-refractivity contribution >= 4 is 5.96 Å². The molecule has 4 nitrogen and oxygen atoms in total. The lowest BCUT2D eigenvalue weighted by Gasteiger charge is -2.25. The predicted octanol–water partition coefficient (Wildman–Crippen LogP) is 3.10. The molecule has 2 rings (SSSR count). The van der Waals surface area contributed by atoms with E-state index < -0.39 is 11.7 Å². The van der Waals surface area contributed by atoms with E-state index in [0.29, 0.717) is 18.5 Å². The lowest BCUT2D eigenvalue weighted by molar-refractivity contribution is -0.137. The van der Waals surface area contributed by atoms with Crippen molar-refractivity contribution in [3.05, 3.63) is 35.4 Å². The van der Waals surface area contributed by atoms with Crippen LogP contribution >= 0.6 is 0 Å². The fourth-order valence-electron chi connectivity index (χ4n) is 2.76. The molecular weight excluding hydrogens is 329 g/mol. The van der Waals surface area contributed by atoms with Crippen molar-refractivity contribution in [3.63, 3.8) is 0 Å². The number of nitrogens with one attached hydrogen (secondary N) is 2. The van der Waals surface area contributed by atoms with Gasteiger partial charge in [0.2, 0.25) is 0 Å². The van der Waals surface area contributed by atoms with Gasteiger partial charge >= 0.3 is 6.18 Å². The van der Waals surface area contributed by atoms with Crippen molar-refractivity contribution in [1.82, 2.24) is 15.5 Å². The Morgan fingerprint density at radius 2 is 1.84 bits per heavy atom. The second kappa shape index (κ2) is 8.56. The number of benzene rings is 1. The van der Waals surface area contributed by atoms with Crippen LogP contribution in [-0.2, 0) is 12.7 Å². The fourth-order valence-corrected chi connectivity index (χ4v) is 2.76. The number of likely N-dealkylation sites (N-methyl/N-ethyl adjacent to an activating group) is 1. The summed E-state index contributed by atoms with van der Waals surface area (Å²) in [7, 11) is 4.16. The minimum atomic E-state index is -4.30. The van der Waals surface area contributed by atoms with E-state index in [1.165, 1.54) is 25.0 Å². The van der Waals surface area contributed by atoms with Crippen LogP contribution < -0.4 is 10.6 Å². The smallest absolute Gasteiger partial charge is 0.357 e. The lowest BCUT2D eigenvalue weighted by atomic mass is 10.1. The highest BCUT2D eigenvalue weighted by Gasteiger charge is 2.32. The van der Waals surface area contributed by atoms with E-state index in [9.17, 15) is 13.2 Å². The van der Waals surface area contributed by atoms with Crippen LogP contribution in [0.3, 0.4) is 0 Å². The van der Waals surface area contributed by atoms with Gasteiger partial charge in [-0.3, -0.25) is 0 Å². The van der Waals surface area contributed by atoms with Crippen LogP contribution in [0.5, 0.6) is 0 Å². The predicted molar refractivity (Wildman–Crippen MR) is 94.5 cm³/mol. The zero-order valence-corrected chi connectivity index (χ0v) is 15.0. The van der Waals surface area contributed by atoms with Crippen LogP contribution in [0.15, 0.2) is 29.3 Å². The van der Waals surface area contributed by atoms with E-state index in [1.54, 1.807) is 0 Å². The van der Waals surface area contributed by atoms with Gasteiger partial charge in [-0.25, -0.2) is 4.99 Å². The molecule has 0 spiro atoms. The van der Waals surface area contributed by atoms with Gasteiger partial charge in [-0.05, 0) is 57.5 Å². The lowest BCUT2D eigenvalue weighted by Crippen LogP contribution is -2.46. The molecule has 1 aliphatic rings. The molecule has 1 aliphatic carbocycles. The Morgan fingerprint density at radius 3 is 2.32 bits per heavy atom. The van der Waals surface area contributed by atoms with Gasteiger partial charge in [0.05, 0.1) is 12.1 Å². The highest BCUT2D eigenvalue weighted by Crippen LogP contribution is 2.34. The average molecular weight is 356 g/mol. The van der Waals surface area contributed by atoms with E-state index in [4.69, 9.17) is 0 Å². The van der Waals surface area contributed by atoms with Crippen molar-refractivity contribution in [2.75, 3.05) is 27.2 Å². The normalized spacial score (nSPS) is 16.8. The molecule has 1 unspecified atom stereocenters. The van der Waals surface area contributed by atoms with E-state index in [0.717, 1.165) is 36.7 Å². The molecule has 2 N–H and O–H groups in total. The number of nitrogens with zero attached hydrogens (tertiary/aromatic N) is 2. The first kappa shape index (κ1) is 19.6. The molecule has 1 aromatic rings. The topological polar surface area (TPSA) is 39.7 Å². The van der Waals surface area contributed by atoms with Gasteiger partial charge in [0.15, 0.2) is 5.96 Å². The second-order valence-corrected chi connectivity index (χ2v) is 6.64. The van der Waals surface area contributed by atoms with Crippen LogP contribution in [-0.4, -0.2) is 44.1 Å². The molecule has 7 heteroatoms. The summed E-state index contributed by atoms with van der Waals surface area (Å²) in [5, 5.41) is 6.53. The van der Waals surface area contributed by atoms with Crippen LogP contribution in [0.25, 0.3) is 0 Å². The number of aliphatic imine (C=N–C) groups is 1. The number of hydrogen-bond acceptors (Lipinski definition) is 2. The van der Waals surface area contributed by atoms with Gasteiger partial charge in [0, 0.05) is 19.1 Å². The Labute approximate surface area is 147 Å². The maximum Gasteiger partial charge on any atom is 0.416 e. The molecule has 0 aliphatic heterocycles. The van der Waals surface area contributed by atoms with E-state index in [-0.39, 0.29) is 0 Å². The molecular formula is C18H27F3N4. The number of guanidine groups is 1. The zero-order chi connectivity index (χ0) is 18.4. The highest BCUT2D eigenvalue weighted by molar-refractivity contribution is 5.79. The van der Waals surface area contributed by atoms with Gasteiger partial charge in [0.1, 0.15) is 0 Å². The molecule has 1 aromatic carbocycles. The SMILES string of the molecule is CCNC(=NCc1ccc(C(F)(F)F)cc1)NCC(C1CC1)N(C)C. The summed E-state index contributed by atoms with van der Waals surface area (Å²) in [5.41, 5.74) is 0.111. The summed E-state index contributed by atoms with van der Waals surface area (Å²) >= 11 is 0. The molecule has 0 bridgehead atoms. The standard InChI is InChI=1S/C18H27F3N4/c1-4-22-17(24-12-16(25(2)3)14-7-8-14)23-11-13-5-9-15(10-6-13)18(19,20)21/h5-6,9-10,14,16H,4,7-8,11-12H2,1-3H3,(H2,22,23,24). The highest BCUT2D eigenvalue weighted by atomic mass is 19.4. The molecule has 140 valence electrons. The minimum Gasteiger partial charge on any atom is -0.357 e. The Bertz CT molecular complexity index is 561. The first-order valence-electron chi connectivity index (χ1n) is 8.66. The third-order valence-corrected chi connectivity index (χ3v) is 4.35. The van der Waals surface area contributed by atoms with Crippen molar-refractivity contribution in [1.29, 1.82) is 0 Å². The molecule has 0 amide bonds. The average Bonchev–Trinajstić information content (AvgIpc) is 3.37. The summed E-state index contributed by atoms with van der Waals surface area (Å²) in [6.45, 7) is 3.86. The van der Waals surface area contributed by atoms with Crippen LogP contribution in [0.2, 0.25) is 0 Å². The number of hydrogen-bond donors (Lipinski definition) is 2. The van der Waals surface area contributed by atoms with Gasteiger partial charge < -0.3 is 15.5 Å². The van der Waals surface area contributed by atoms with Gasteiger partial charge in [-0.15, -0.1) is 0 Å². The van der Waals surface area contributed by atoms with Crippen molar-refractivity contribution in [3.8, 4) is 0 Å². The number of rotatable bonds is 7. The Hall–Kier alpha value is -1.76. The molecule has 0 saturated heterocycles. The Morgan fingerprint density at radius 1 is 1.20 bits per heavy atom. The van der Waals surface area contributed by atoms with E-state index >= 15 is 0 Å². The minimum absolute atomic E-state index is 0.337. The largest absolute Gasteiger partial charge is 0.416 e. The molecule has 1 fully saturated rings. The second-order valence-electron chi connectivity index (χ2n) is 6.64. The monoisotopic (exact) mass is 356 g/mol. The van der Waals surface area contributed by atoms with E-state index in [2.05, 4.69) is 34.6 Å². The first-order chi connectivity index (χ1) is 11.8. The van der Waals surface area contributed by atoms with Crippen molar-refractivity contribution in [2.24, 2.45) is 10.9 Å². The van der Waals surface area contributed by atoms with Crippen molar-refractivity contribution in [2.45, 2.75) is 38.5 Å². The molecule has 0 aromatic heterocycles. The summed E-state index contributed by atoms with van der Waals surface area (Å²) in [6, 6.07) is 5.61. The summed E-state index contributed by atoms with van der Waals surface area (Å²) in [4.78, 5) is 6.71. The summed E-state index contributed by atoms with van der Waals surface area (Å²) < 4.78 is 37.8. The maximum absolute atomic E-state index is 12.6. The van der Waals surface area contributed by atoms with Gasteiger partial charge in [0.25, 0.3) is 0 Å². The fraction of sp³-hybridized carbons (Fsp3) is 0.611. The molecule has 0 heterocycles. The Balaban J connectivity index is 1.94. The first-order valence-corrected chi connectivity index (χ1v) is 8.66. The number of halogens is 3. The summed E-state index contributed by atoms with van der Waals surface area (Å²) in [6.07, 6.45) is -1.77. The zero-order valence-electron chi connectivity index (χ0n) is 15.0. The van der Waals surface area contributed by atoms with Gasteiger partial charge in [-0.2, -0.15) is 13.2 Å². The van der Waals surface area contributed by atoms with E-state index in [1.807, 2.05) is 6.92 Å².